The fourth-order valence-corrected chi connectivity index (χ4v) is 1.57. The van der Waals surface area contributed by atoms with Gasteiger partial charge in [0.15, 0.2) is 0 Å². The Kier molecular flexibility index (Phi) is 7.15. The summed E-state index contributed by atoms with van der Waals surface area (Å²) in [4.78, 5) is 0. The molecule has 16 heavy (non-hydrogen) atoms. The third-order valence-electron chi connectivity index (χ3n) is 3.65. The van der Waals surface area contributed by atoms with E-state index in [-0.39, 0.29) is 25.2 Å². The first-order valence-corrected chi connectivity index (χ1v) is 6.04. The topological polar surface area (TPSA) is 72.7 Å². The van der Waals surface area contributed by atoms with Gasteiger partial charge < -0.3 is 20.6 Å². The first-order chi connectivity index (χ1) is 7.51. The molecule has 0 amide bonds. The van der Waals surface area contributed by atoms with E-state index >= 15 is 0 Å². The summed E-state index contributed by atoms with van der Waals surface area (Å²) in [7, 11) is 0. The summed E-state index contributed by atoms with van der Waals surface area (Å²) in [6, 6.07) is 0. The third-order valence-corrected chi connectivity index (χ3v) is 3.65. The Morgan fingerprint density at radius 3 is 1.69 bits per heavy atom. The predicted molar refractivity (Wildman–Crippen MR) is 65.2 cm³/mol. The van der Waals surface area contributed by atoms with Crippen molar-refractivity contribution in [3.63, 3.8) is 0 Å². The molecule has 0 atom stereocenters. The van der Waals surface area contributed by atoms with E-state index in [0.29, 0.717) is 13.1 Å². The molecule has 0 bridgehead atoms. The van der Waals surface area contributed by atoms with Crippen LogP contribution in [-0.2, 0) is 0 Å². The Balaban J connectivity index is 4.13. The smallest absolute Gasteiger partial charge is 0.0518 e. The van der Waals surface area contributed by atoms with Crippen molar-refractivity contribution < 1.29 is 15.3 Å². The van der Waals surface area contributed by atoms with Gasteiger partial charge in [-0.25, -0.2) is 0 Å². The first kappa shape index (κ1) is 15.8. The van der Waals surface area contributed by atoms with Crippen molar-refractivity contribution in [2.45, 2.75) is 33.6 Å². The largest absolute Gasteiger partial charge is 0.396 e. The number of hydrogen-bond donors (Lipinski definition) is 4. The fraction of sp³-hybridized carbons (Fsp3) is 1.00. The number of nitrogens with one attached hydrogen (secondary N) is 1. The van der Waals surface area contributed by atoms with Crippen LogP contribution in [0.3, 0.4) is 0 Å². The second-order valence-electron chi connectivity index (χ2n) is 5.10. The minimum atomic E-state index is -0.483. The number of aliphatic hydroxyl groups is 3. The van der Waals surface area contributed by atoms with Crippen LogP contribution in [0.4, 0.5) is 0 Å². The minimum absolute atomic E-state index is 0.0408. The summed E-state index contributed by atoms with van der Waals surface area (Å²) >= 11 is 0. The van der Waals surface area contributed by atoms with Gasteiger partial charge in [-0.2, -0.15) is 0 Å². The number of rotatable bonds is 9. The van der Waals surface area contributed by atoms with Gasteiger partial charge in [0.25, 0.3) is 0 Å². The molecule has 0 unspecified atom stereocenters. The molecule has 0 aromatic carbocycles. The molecule has 0 spiro atoms. The predicted octanol–water partition coefficient (Wildman–Crippen LogP) is 0.366. The van der Waals surface area contributed by atoms with Crippen molar-refractivity contribution in [3.05, 3.63) is 0 Å². The van der Waals surface area contributed by atoms with Crippen molar-refractivity contribution in [1.29, 1.82) is 0 Å². The lowest BCUT2D eigenvalue weighted by Gasteiger charge is -2.32. The standard InChI is InChI=1S/C12H27NO3/c1-4-12(5-2,10-16)7-13-6-11(3,8-14)9-15/h13-16H,4-10H2,1-3H3. The molecule has 4 nitrogen and oxygen atoms in total. The Bertz CT molecular complexity index is 169. The normalized spacial score (nSPS) is 13.1. The molecule has 0 aliphatic rings. The monoisotopic (exact) mass is 233 g/mol. The van der Waals surface area contributed by atoms with Crippen LogP contribution in [0.25, 0.3) is 0 Å². The average Bonchev–Trinajstić information content (AvgIpc) is 2.35. The van der Waals surface area contributed by atoms with Crippen LogP contribution in [-0.4, -0.2) is 48.2 Å². The van der Waals surface area contributed by atoms with Crippen molar-refractivity contribution in [2.24, 2.45) is 10.8 Å². The molecular formula is C12H27NO3. The molecule has 0 rings (SSSR count). The summed E-state index contributed by atoms with van der Waals surface area (Å²) in [6.07, 6.45) is 1.84. The lowest BCUT2D eigenvalue weighted by Crippen LogP contribution is -2.43. The van der Waals surface area contributed by atoms with Crippen molar-refractivity contribution >= 4 is 0 Å². The van der Waals surface area contributed by atoms with Crippen LogP contribution in [0.1, 0.15) is 33.6 Å². The zero-order valence-corrected chi connectivity index (χ0v) is 10.8. The van der Waals surface area contributed by atoms with Crippen LogP contribution < -0.4 is 5.32 Å². The van der Waals surface area contributed by atoms with Crippen LogP contribution in [0.5, 0.6) is 0 Å². The van der Waals surface area contributed by atoms with Gasteiger partial charge in [-0.05, 0) is 12.8 Å². The van der Waals surface area contributed by atoms with Gasteiger partial charge in [-0.1, -0.05) is 20.8 Å². The van der Waals surface area contributed by atoms with Crippen LogP contribution in [0.2, 0.25) is 0 Å². The molecule has 0 heterocycles. The molecular weight excluding hydrogens is 206 g/mol. The highest BCUT2D eigenvalue weighted by molar-refractivity contribution is 4.81. The Morgan fingerprint density at radius 1 is 0.875 bits per heavy atom. The van der Waals surface area contributed by atoms with Crippen molar-refractivity contribution in [3.8, 4) is 0 Å². The second-order valence-corrected chi connectivity index (χ2v) is 5.10. The second kappa shape index (κ2) is 7.22. The van der Waals surface area contributed by atoms with Gasteiger partial charge >= 0.3 is 0 Å². The Labute approximate surface area is 98.7 Å². The average molecular weight is 233 g/mol. The van der Waals surface area contributed by atoms with Gasteiger partial charge in [0.05, 0.1) is 13.2 Å². The van der Waals surface area contributed by atoms with E-state index in [1.165, 1.54) is 0 Å². The number of hydrogen-bond acceptors (Lipinski definition) is 4. The van der Waals surface area contributed by atoms with Gasteiger partial charge in [0, 0.05) is 30.5 Å². The van der Waals surface area contributed by atoms with Crippen LogP contribution in [0.15, 0.2) is 0 Å². The van der Waals surface area contributed by atoms with Gasteiger partial charge in [-0.15, -0.1) is 0 Å². The minimum Gasteiger partial charge on any atom is -0.396 e. The maximum atomic E-state index is 9.38. The van der Waals surface area contributed by atoms with Crippen molar-refractivity contribution in [2.75, 3.05) is 32.9 Å². The van der Waals surface area contributed by atoms with Gasteiger partial charge in [0.1, 0.15) is 0 Å². The summed E-state index contributed by atoms with van der Waals surface area (Å²) in [5.74, 6) is 0. The maximum absolute atomic E-state index is 9.38. The number of aliphatic hydroxyl groups excluding tert-OH is 3. The van der Waals surface area contributed by atoms with Gasteiger partial charge in [0.2, 0.25) is 0 Å². The van der Waals surface area contributed by atoms with E-state index in [4.69, 9.17) is 10.2 Å². The van der Waals surface area contributed by atoms with E-state index in [9.17, 15) is 5.11 Å². The SMILES string of the molecule is CCC(CC)(CO)CNCC(C)(CO)CO. The zero-order chi connectivity index (χ0) is 12.7. The molecule has 0 fully saturated rings. The Morgan fingerprint density at radius 2 is 1.38 bits per heavy atom. The summed E-state index contributed by atoms with van der Waals surface area (Å²) in [5.41, 5.74) is -0.561. The lowest BCUT2D eigenvalue weighted by atomic mass is 9.82. The van der Waals surface area contributed by atoms with E-state index in [1.807, 2.05) is 6.92 Å². The van der Waals surface area contributed by atoms with Crippen molar-refractivity contribution in [1.82, 2.24) is 5.32 Å². The highest BCUT2D eigenvalue weighted by Gasteiger charge is 2.27. The summed E-state index contributed by atoms with van der Waals surface area (Å²) < 4.78 is 0. The molecule has 4 N–H and O–H groups in total. The molecule has 0 saturated carbocycles. The molecule has 0 saturated heterocycles. The highest BCUT2D eigenvalue weighted by atomic mass is 16.3. The van der Waals surface area contributed by atoms with E-state index in [2.05, 4.69) is 19.2 Å². The van der Waals surface area contributed by atoms with Crippen LogP contribution >= 0.6 is 0 Å². The molecule has 4 heteroatoms. The molecule has 0 radical (unpaired) electrons. The highest BCUT2D eigenvalue weighted by Crippen LogP contribution is 2.24. The Hall–Kier alpha value is -0.160. The molecule has 98 valence electrons. The molecule has 0 aliphatic heterocycles. The van der Waals surface area contributed by atoms with E-state index in [1.54, 1.807) is 0 Å². The zero-order valence-electron chi connectivity index (χ0n) is 10.8. The van der Waals surface area contributed by atoms with E-state index in [0.717, 1.165) is 12.8 Å². The first-order valence-electron chi connectivity index (χ1n) is 6.04. The lowest BCUT2D eigenvalue weighted by molar-refractivity contribution is 0.0600. The summed E-state index contributed by atoms with van der Waals surface area (Å²) in [6.45, 7) is 7.33. The quantitative estimate of drug-likeness (QED) is 0.464. The maximum Gasteiger partial charge on any atom is 0.0518 e. The fourth-order valence-electron chi connectivity index (χ4n) is 1.57. The van der Waals surface area contributed by atoms with Gasteiger partial charge in [-0.3, -0.25) is 0 Å². The third kappa shape index (κ3) is 4.37. The molecule has 0 aliphatic carbocycles. The van der Waals surface area contributed by atoms with E-state index < -0.39 is 5.41 Å². The van der Waals surface area contributed by atoms with Crippen LogP contribution in [0, 0.1) is 10.8 Å². The summed E-state index contributed by atoms with van der Waals surface area (Å²) in [5, 5.41) is 30.9. The molecule has 0 aromatic heterocycles. The molecule has 0 aromatic rings.